The van der Waals surface area contributed by atoms with E-state index in [9.17, 15) is 8.78 Å². The first-order valence-electron chi connectivity index (χ1n) is 11.4. The zero-order valence-corrected chi connectivity index (χ0v) is 23.7. The van der Waals surface area contributed by atoms with Crippen LogP contribution in [0.25, 0.3) is 23.3 Å². The summed E-state index contributed by atoms with van der Waals surface area (Å²) in [6.45, 7) is 0. The van der Waals surface area contributed by atoms with E-state index in [1.807, 2.05) is 24.3 Å². The van der Waals surface area contributed by atoms with Crippen molar-refractivity contribution < 1.29 is 26.4 Å². The van der Waals surface area contributed by atoms with Crippen LogP contribution in [0.3, 0.4) is 0 Å². The van der Waals surface area contributed by atoms with Gasteiger partial charge in [-0.2, -0.15) is 0 Å². The fourth-order valence-corrected chi connectivity index (χ4v) is 24.0. The van der Waals surface area contributed by atoms with Gasteiger partial charge in [0.05, 0.1) is 0 Å². The van der Waals surface area contributed by atoms with E-state index >= 15 is 0 Å². The molecule has 4 aromatic rings. The maximum absolute atomic E-state index is 13.8. The molecule has 0 N–H and O–H groups in total. The number of hydrogen-bond donors (Lipinski definition) is 0. The number of halogens is 4. The minimum absolute atomic E-state index is 0.146. The molecule has 5 heteroatoms. The van der Waals surface area contributed by atoms with Crippen molar-refractivity contribution in [2.45, 2.75) is 7.35 Å². The van der Waals surface area contributed by atoms with Crippen LogP contribution in [-0.4, -0.2) is 0 Å². The van der Waals surface area contributed by atoms with E-state index in [0.29, 0.717) is 0 Å². The van der Waals surface area contributed by atoms with Gasteiger partial charge >= 0.3 is 216 Å². The predicted octanol–water partition coefficient (Wildman–Crippen LogP) is 9.32. The van der Waals surface area contributed by atoms with E-state index < -0.39 is 17.6 Å². The zero-order valence-electron chi connectivity index (χ0n) is 18.6. The van der Waals surface area contributed by atoms with Crippen LogP contribution in [0.2, 0.25) is 0 Å². The van der Waals surface area contributed by atoms with Gasteiger partial charge in [-0.1, -0.05) is 0 Å². The Hall–Kier alpha value is -2.33. The molecule has 0 spiro atoms. The molecule has 0 bridgehead atoms. The van der Waals surface area contributed by atoms with Crippen molar-refractivity contribution in [3.05, 3.63) is 142 Å². The van der Waals surface area contributed by atoms with Gasteiger partial charge in [-0.05, 0) is 0 Å². The summed E-state index contributed by atoms with van der Waals surface area (Å²) in [5, 5.41) is 0. The number of fused-ring (bicyclic) bond motifs is 2. The molecule has 0 saturated carbocycles. The summed E-state index contributed by atoms with van der Waals surface area (Å²) < 4.78 is 27.2. The van der Waals surface area contributed by atoms with E-state index in [1.54, 1.807) is 24.3 Å². The van der Waals surface area contributed by atoms with Crippen molar-refractivity contribution >= 4 is 40.5 Å². The molecule has 0 nitrogen and oxygen atoms in total. The van der Waals surface area contributed by atoms with Crippen molar-refractivity contribution in [3.63, 3.8) is 0 Å². The van der Waals surface area contributed by atoms with Crippen LogP contribution in [0, 0.1) is 11.6 Å². The summed E-state index contributed by atoms with van der Waals surface area (Å²) in [5.41, 5.74) is 8.39. The van der Waals surface area contributed by atoms with E-state index in [1.165, 1.54) is 24.3 Å². The van der Waals surface area contributed by atoms with Crippen molar-refractivity contribution in [2.75, 3.05) is 0 Å². The third-order valence-corrected chi connectivity index (χ3v) is 24.1. The molecule has 6 rings (SSSR count). The van der Waals surface area contributed by atoms with Gasteiger partial charge in [0.2, 0.25) is 0 Å². The SMILES string of the molecule is Fc1ccc(C2=Cc3ccccc3[CH]2[Hf]([Cl])([Cl])[CH]2C(c3ccc(F)cc3)=Cc3ccccc32)cc1. The van der Waals surface area contributed by atoms with Gasteiger partial charge in [0.15, 0.2) is 0 Å². The van der Waals surface area contributed by atoms with Crippen LogP contribution in [0.5, 0.6) is 0 Å². The van der Waals surface area contributed by atoms with E-state index in [4.69, 9.17) is 17.2 Å². The molecule has 0 aliphatic heterocycles. The Labute approximate surface area is 215 Å². The van der Waals surface area contributed by atoms with Gasteiger partial charge in [-0.25, -0.2) is 0 Å². The van der Waals surface area contributed by atoms with E-state index in [2.05, 4.69) is 36.4 Å². The Kier molecular flexibility index (Phi) is 5.91. The van der Waals surface area contributed by atoms with Crippen LogP contribution in [0.1, 0.15) is 40.7 Å². The molecule has 0 amide bonds. The van der Waals surface area contributed by atoms with Crippen LogP contribution in [0.4, 0.5) is 8.78 Å². The van der Waals surface area contributed by atoms with Crippen LogP contribution in [-0.2, 0) is 17.6 Å². The summed E-state index contributed by atoms with van der Waals surface area (Å²) in [6.07, 6.45) is 4.30. The molecule has 0 heterocycles. The normalized spacial score (nSPS) is 18.6. The molecule has 35 heavy (non-hydrogen) atoms. The monoisotopic (exact) mass is 668 g/mol. The quantitative estimate of drug-likeness (QED) is 0.190. The van der Waals surface area contributed by atoms with Crippen molar-refractivity contribution in [3.8, 4) is 0 Å². The van der Waals surface area contributed by atoms with Crippen molar-refractivity contribution in [1.82, 2.24) is 0 Å². The molecular formula is C30H20Cl2F2Hf. The van der Waals surface area contributed by atoms with Gasteiger partial charge in [0.25, 0.3) is 0 Å². The topological polar surface area (TPSA) is 0 Å². The average Bonchev–Trinajstić information content (AvgIpc) is 3.45. The second kappa shape index (κ2) is 8.96. The molecule has 0 radical (unpaired) electrons. The Bertz CT molecular complexity index is 1370. The summed E-state index contributed by atoms with van der Waals surface area (Å²) in [4.78, 5) is 0. The number of benzene rings is 4. The zero-order chi connectivity index (χ0) is 24.2. The first-order valence-corrected chi connectivity index (χ1v) is 24.5. The maximum atomic E-state index is 13.8. The fourth-order valence-electron chi connectivity index (χ4n) is 5.43. The van der Waals surface area contributed by atoms with Crippen LogP contribution in [0.15, 0.2) is 97.1 Å². The molecule has 2 aliphatic rings. The Morgan fingerprint density at radius 1 is 0.514 bits per heavy atom. The summed E-state index contributed by atoms with van der Waals surface area (Å²) in [6, 6.07) is 29.5. The minimum atomic E-state index is -4.41. The molecular weight excluding hydrogens is 648 g/mol. The van der Waals surface area contributed by atoms with Gasteiger partial charge in [0, 0.05) is 0 Å². The predicted molar refractivity (Wildman–Crippen MR) is 139 cm³/mol. The molecule has 0 fully saturated rings. The summed E-state index contributed by atoms with van der Waals surface area (Å²) in [7, 11) is 15.4. The van der Waals surface area contributed by atoms with Gasteiger partial charge in [0.1, 0.15) is 0 Å². The molecule has 2 unspecified atom stereocenters. The standard InChI is InChI=1S/2C15H10F.2ClH.Hf/c2*16-15-7-5-11(6-8-15)14-9-12-3-1-2-4-13(12)10-14;;;/h2*1-10H;2*1H;/q;;;;+2/p-2. The molecule has 172 valence electrons. The molecule has 2 atom stereocenters. The Balaban J connectivity index is 1.53. The first-order chi connectivity index (χ1) is 16.9. The Morgan fingerprint density at radius 2 is 0.886 bits per heavy atom. The molecule has 4 aromatic carbocycles. The van der Waals surface area contributed by atoms with E-state index in [-0.39, 0.29) is 19.0 Å². The van der Waals surface area contributed by atoms with Crippen molar-refractivity contribution in [1.29, 1.82) is 0 Å². The first kappa shape index (κ1) is 23.1. The van der Waals surface area contributed by atoms with Gasteiger partial charge in [-0.3, -0.25) is 0 Å². The summed E-state index contributed by atoms with van der Waals surface area (Å²) in [5.74, 6) is -0.555. The van der Waals surface area contributed by atoms with Gasteiger partial charge < -0.3 is 0 Å². The number of allylic oxidation sites excluding steroid dienone is 2. The third-order valence-electron chi connectivity index (χ3n) is 6.98. The Morgan fingerprint density at radius 3 is 1.29 bits per heavy atom. The van der Waals surface area contributed by atoms with E-state index in [0.717, 1.165) is 44.5 Å². The van der Waals surface area contributed by atoms with Crippen molar-refractivity contribution in [2.24, 2.45) is 0 Å². The molecule has 0 aromatic heterocycles. The van der Waals surface area contributed by atoms with Gasteiger partial charge in [-0.15, -0.1) is 0 Å². The summed E-state index contributed by atoms with van der Waals surface area (Å²) >= 11 is -4.41. The third kappa shape index (κ3) is 3.98. The second-order valence-corrected chi connectivity index (χ2v) is 29.8. The fraction of sp³-hybridized carbons (Fsp3) is 0.0667. The molecule has 0 saturated heterocycles. The van der Waals surface area contributed by atoms with Crippen LogP contribution >= 0.6 is 17.2 Å². The van der Waals surface area contributed by atoms with Crippen LogP contribution < -0.4 is 0 Å². The number of hydrogen-bond acceptors (Lipinski definition) is 0. The second-order valence-electron chi connectivity index (χ2n) is 9.01. The molecule has 2 aliphatic carbocycles. The average molecular weight is 668 g/mol. The number of rotatable bonds is 4.